The molecule has 0 saturated carbocycles. The second-order valence-electron chi connectivity index (χ2n) is 5.01. The average molecular weight is 316 g/mol. The fourth-order valence-electron chi connectivity index (χ4n) is 2.31. The van der Waals surface area contributed by atoms with Crippen molar-refractivity contribution in [3.8, 4) is 0 Å². The van der Waals surface area contributed by atoms with Crippen LogP contribution in [0.15, 0.2) is 47.8 Å². The van der Waals surface area contributed by atoms with Crippen LogP contribution in [0.5, 0.6) is 0 Å². The third-order valence-corrected chi connectivity index (χ3v) is 4.26. The quantitative estimate of drug-likeness (QED) is 0.921. The number of para-hydroxylation sites is 1. The van der Waals surface area contributed by atoms with E-state index >= 15 is 0 Å². The number of amides is 2. The van der Waals surface area contributed by atoms with Gasteiger partial charge in [0.25, 0.3) is 0 Å². The predicted octanol–water partition coefficient (Wildman–Crippen LogP) is 2.43. The fraction of sp³-hybridized carbons (Fsp3) is 0.250. The van der Waals surface area contributed by atoms with Gasteiger partial charge in [0.15, 0.2) is 0 Å². The lowest BCUT2D eigenvalue weighted by Crippen LogP contribution is -2.35. The maximum atomic E-state index is 11.9. The molecule has 3 rings (SSSR count). The van der Waals surface area contributed by atoms with Crippen LogP contribution in [-0.4, -0.2) is 31.2 Å². The summed E-state index contributed by atoms with van der Waals surface area (Å²) in [5, 5.41) is 4.76. The van der Waals surface area contributed by atoms with E-state index in [0.717, 1.165) is 10.6 Å². The fourth-order valence-corrected chi connectivity index (χ4v) is 3.01. The van der Waals surface area contributed by atoms with E-state index in [2.05, 4.69) is 5.32 Å². The van der Waals surface area contributed by atoms with Gasteiger partial charge in [-0.1, -0.05) is 24.3 Å². The van der Waals surface area contributed by atoms with Crippen molar-refractivity contribution in [1.82, 2.24) is 5.32 Å². The molecule has 22 heavy (non-hydrogen) atoms. The standard InChI is InChI=1S/C16H16N2O3S/c19-15(9-14-7-4-8-22-14)17-10-13-11-18(16(20)21-13)12-5-2-1-3-6-12/h1-8,13H,9-11H2,(H,17,19). The lowest BCUT2D eigenvalue weighted by atomic mass is 10.2. The smallest absolute Gasteiger partial charge is 0.414 e. The van der Waals surface area contributed by atoms with E-state index in [4.69, 9.17) is 4.74 Å². The number of nitrogens with one attached hydrogen (secondary N) is 1. The summed E-state index contributed by atoms with van der Waals surface area (Å²) in [6.07, 6.45) is -0.329. The van der Waals surface area contributed by atoms with Gasteiger partial charge in [0.2, 0.25) is 5.91 Å². The molecule has 1 aliphatic heterocycles. The number of carbonyl (C=O) groups is 2. The zero-order valence-corrected chi connectivity index (χ0v) is 12.7. The number of anilines is 1. The van der Waals surface area contributed by atoms with Crippen molar-refractivity contribution in [2.75, 3.05) is 18.0 Å². The topological polar surface area (TPSA) is 58.6 Å². The Morgan fingerprint density at radius 1 is 1.27 bits per heavy atom. The first-order chi connectivity index (χ1) is 10.7. The summed E-state index contributed by atoms with van der Waals surface area (Å²) in [7, 11) is 0. The Bertz CT molecular complexity index is 643. The zero-order valence-electron chi connectivity index (χ0n) is 11.9. The Morgan fingerprint density at radius 3 is 2.82 bits per heavy atom. The summed E-state index contributed by atoms with van der Waals surface area (Å²) in [6, 6.07) is 13.2. The highest BCUT2D eigenvalue weighted by Crippen LogP contribution is 2.20. The van der Waals surface area contributed by atoms with Crippen LogP contribution in [0, 0.1) is 0 Å². The highest BCUT2D eigenvalue weighted by molar-refractivity contribution is 7.10. The number of hydrogen-bond donors (Lipinski definition) is 1. The first-order valence-corrected chi connectivity index (χ1v) is 7.92. The molecule has 1 N–H and O–H groups in total. The van der Waals surface area contributed by atoms with Crippen LogP contribution in [0.4, 0.5) is 10.5 Å². The van der Waals surface area contributed by atoms with Crippen LogP contribution in [-0.2, 0) is 16.0 Å². The summed E-state index contributed by atoms with van der Waals surface area (Å²) in [5.41, 5.74) is 0.805. The number of thiophene rings is 1. The van der Waals surface area contributed by atoms with Crippen molar-refractivity contribution in [2.45, 2.75) is 12.5 Å². The highest BCUT2D eigenvalue weighted by atomic mass is 32.1. The van der Waals surface area contributed by atoms with E-state index in [1.54, 1.807) is 16.2 Å². The van der Waals surface area contributed by atoms with Gasteiger partial charge in [-0.3, -0.25) is 9.69 Å². The summed E-state index contributed by atoms with van der Waals surface area (Å²) < 4.78 is 5.29. The van der Waals surface area contributed by atoms with Crippen LogP contribution in [0.25, 0.3) is 0 Å². The minimum Gasteiger partial charge on any atom is -0.442 e. The van der Waals surface area contributed by atoms with Crippen molar-refractivity contribution in [2.24, 2.45) is 0 Å². The molecule has 0 aliphatic carbocycles. The molecule has 0 spiro atoms. The summed E-state index contributed by atoms with van der Waals surface area (Å²) in [4.78, 5) is 26.3. The molecule has 1 aromatic carbocycles. The maximum absolute atomic E-state index is 11.9. The minimum absolute atomic E-state index is 0.0586. The van der Waals surface area contributed by atoms with Gasteiger partial charge in [-0.25, -0.2) is 4.79 Å². The second kappa shape index (κ2) is 6.62. The Morgan fingerprint density at radius 2 is 2.09 bits per heavy atom. The molecule has 1 aromatic heterocycles. The van der Waals surface area contributed by atoms with Crippen LogP contribution in [0.2, 0.25) is 0 Å². The van der Waals surface area contributed by atoms with Crippen LogP contribution < -0.4 is 10.2 Å². The number of cyclic esters (lactones) is 1. The maximum Gasteiger partial charge on any atom is 0.414 e. The summed E-state index contributed by atoms with van der Waals surface area (Å²) in [5.74, 6) is -0.0586. The van der Waals surface area contributed by atoms with Gasteiger partial charge >= 0.3 is 6.09 Å². The third-order valence-electron chi connectivity index (χ3n) is 3.38. The highest BCUT2D eigenvalue weighted by Gasteiger charge is 2.32. The SMILES string of the molecule is O=C(Cc1cccs1)NCC1CN(c2ccccc2)C(=O)O1. The molecule has 114 valence electrons. The number of ether oxygens (including phenoxy) is 1. The van der Waals surface area contributed by atoms with Crippen LogP contribution in [0.1, 0.15) is 4.88 Å². The van der Waals surface area contributed by atoms with Gasteiger partial charge in [-0.05, 0) is 23.6 Å². The largest absolute Gasteiger partial charge is 0.442 e. The second-order valence-corrected chi connectivity index (χ2v) is 6.04. The first kappa shape index (κ1) is 14.6. The van der Waals surface area contributed by atoms with E-state index in [1.807, 2.05) is 47.8 Å². The first-order valence-electron chi connectivity index (χ1n) is 7.04. The van der Waals surface area contributed by atoms with E-state index in [0.29, 0.717) is 19.5 Å². The molecule has 0 bridgehead atoms. The molecule has 0 radical (unpaired) electrons. The van der Waals surface area contributed by atoms with Crippen LogP contribution in [0.3, 0.4) is 0 Å². The van der Waals surface area contributed by atoms with Gasteiger partial charge in [0, 0.05) is 10.6 Å². The van der Waals surface area contributed by atoms with Gasteiger partial charge < -0.3 is 10.1 Å². The summed E-state index contributed by atoms with van der Waals surface area (Å²) in [6.45, 7) is 0.779. The van der Waals surface area contributed by atoms with E-state index in [-0.39, 0.29) is 18.1 Å². The number of hydrogen-bond acceptors (Lipinski definition) is 4. The van der Waals surface area contributed by atoms with Gasteiger partial charge in [0.1, 0.15) is 6.10 Å². The van der Waals surface area contributed by atoms with Crippen molar-refractivity contribution in [3.63, 3.8) is 0 Å². The molecule has 5 nitrogen and oxygen atoms in total. The molecule has 1 aliphatic rings. The molecule has 1 atom stereocenters. The number of nitrogens with zero attached hydrogens (tertiary/aromatic N) is 1. The molecule has 1 saturated heterocycles. The number of benzene rings is 1. The Kier molecular flexibility index (Phi) is 4.39. The molecule has 2 aromatic rings. The van der Waals surface area contributed by atoms with E-state index < -0.39 is 0 Å². The van der Waals surface area contributed by atoms with Crippen molar-refractivity contribution in [3.05, 3.63) is 52.7 Å². The average Bonchev–Trinajstić information content (AvgIpc) is 3.16. The molecular formula is C16H16N2O3S. The molecule has 1 unspecified atom stereocenters. The number of carbonyl (C=O) groups excluding carboxylic acids is 2. The number of rotatable bonds is 5. The monoisotopic (exact) mass is 316 g/mol. The van der Waals surface area contributed by atoms with Crippen LogP contribution >= 0.6 is 11.3 Å². The van der Waals surface area contributed by atoms with Gasteiger partial charge in [-0.15, -0.1) is 11.3 Å². The molecule has 2 amide bonds. The van der Waals surface area contributed by atoms with Crippen molar-refractivity contribution < 1.29 is 14.3 Å². The Labute approximate surface area is 132 Å². The predicted molar refractivity (Wildman–Crippen MR) is 85.1 cm³/mol. The molecular weight excluding hydrogens is 300 g/mol. The van der Waals surface area contributed by atoms with E-state index in [1.165, 1.54) is 0 Å². The Balaban J connectivity index is 1.50. The summed E-state index contributed by atoms with van der Waals surface area (Å²) >= 11 is 1.55. The third kappa shape index (κ3) is 3.46. The molecule has 6 heteroatoms. The molecule has 2 heterocycles. The lowest BCUT2D eigenvalue weighted by molar-refractivity contribution is -0.120. The van der Waals surface area contributed by atoms with Gasteiger partial charge in [0.05, 0.1) is 19.5 Å². The Hall–Kier alpha value is -2.34. The van der Waals surface area contributed by atoms with E-state index in [9.17, 15) is 9.59 Å². The van der Waals surface area contributed by atoms with Gasteiger partial charge in [-0.2, -0.15) is 0 Å². The van der Waals surface area contributed by atoms with Crippen molar-refractivity contribution in [1.29, 1.82) is 0 Å². The van der Waals surface area contributed by atoms with Crippen molar-refractivity contribution >= 4 is 29.0 Å². The normalized spacial score (nSPS) is 17.4. The molecule has 1 fully saturated rings. The minimum atomic E-state index is -0.372. The zero-order chi connectivity index (χ0) is 15.4. The lowest BCUT2D eigenvalue weighted by Gasteiger charge is -2.12.